The van der Waals surface area contributed by atoms with E-state index in [2.05, 4.69) is 52.3 Å². The summed E-state index contributed by atoms with van der Waals surface area (Å²) >= 11 is 0. The average molecular weight is 462 g/mol. The second-order valence-electron chi connectivity index (χ2n) is 8.79. The minimum absolute atomic E-state index is 0.213. The molecule has 0 radical (unpaired) electrons. The lowest BCUT2D eigenvalue weighted by Gasteiger charge is -2.09. The molecular formula is C30H27N3O2. The van der Waals surface area contributed by atoms with Crippen LogP contribution in [0.4, 0.5) is 11.4 Å². The van der Waals surface area contributed by atoms with Crippen molar-refractivity contribution >= 4 is 23.2 Å². The Morgan fingerprint density at radius 1 is 0.657 bits per heavy atom. The number of carbonyl (C=O) groups is 2. The highest BCUT2D eigenvalue weighted by molar-refractivity contribution is 6.07. The molecule has 35 heavy (non-hydrogen) atoms. The maximum absolute atomic E-state index is 12.8. The number of nitrogens with one attached hydrogen (secondary N) is 3. The molecule has 0 bridgehead atoms. The molecular weight excluding hydrogens is 434 g/mol. The fraction of sp³-hybridized carbons (Fsp3) is 0.133. The van der Waals surface area contributed by atoms with E-state index >= 15 is 0 Å². The normalized spacial score (nSPS) is 16.3. The number of benzene rings is 4. The fourth-order valence-electron chi connectivity index (χ4n) is 4.18. The Labute approximate surface area is 205 Å². The van der Waals surface area contributed by atoms with Gasteiger partial charge in [-0.1, -0.05) is 66.7 Å². The van der Waals surface area contributed by atoms with Crippen LogP contribution in [0, 0.1) is 0 Å². The summed E-state index contributed by atoms with van der Waals surface area (Å²) in [5, 5.41) is 9.41. The highest BCUT2D eigenvalue weighted by atomic mass is 16.2. The SMILES string of the molecule is O=C(Nc1cccc(C(=O)Nc2ccc(C3CC3NCc3ccccc3)cc2)c1)c1ccccc1. The van der Waals surface area contributed by atoms with Crippen molar-refractivity contribution in [2.24, 2.45) is 0 Å². The topological polar surface area (TPSA) is 70.2 Å². The number of carbonyl (C=O) groups excluding carboxylic acids is 2. The molecule has 2 unspecified atom stereocenters. The summed E-state index contributed by atoms with van der Waals surface area (Å²) in [5.74, 6) is 0.0751. The minimum Gasteiger partial charge on any atom is -0.322 e. The zero-order chi connectivity index (χ0) is 24.0. The second kappa shape index (κ2) is 10.4. The van der Waals surface area contributed by atoms with Gasteiger partial charge in [-0.05, 0) is 60.0 Å². The Bertz CT molecular complexity index is 1300. The molecule has 2 amide bonds. The first kappa shape index (κ1) is 22.6. The molecule has 2 atom stereocenters. The fourth-order valence-corrected chi connectivity index (χ4v) is 4.18. The van der Waals surface area contributed by atoms with Gasteiger partial charge < -0.3 is 16.0 Å². The van der Waals surface area contributed by atoms with E-state index in [0.29, 0.717) is 28.8 Å². The van der Waals surface area contributed by atoms with Crippen LogP contribution in [0.1, 0.15) is 44.2 Å². The predicted octanol–water partition coefficient (Wildman–Crippen LogP) is 5.84. The molecule has 5 heteroatoms. The summed E-state index contributed by atoms with van der Waals surface area (Å²) in [6.45, 7) is 0.876. The van der Waals surface area contributed by atoms with Gasteiger partial charge in [0.1, 0.15) is 0 Å². The maximum Gasteiger partial charge on any atom is 0.255 e. The quantitative estimate of drug-likeness (QED) is 0.309. The molecule has 0 aliphatic heterocycles. The smallest absolute Gasteiger partial charge is 0.255 e. The van der Waals surface area contributed by atoms with Gasteiger partial charge in [0.15, 0.2) is 0 Å². The Morgan fingerprint density at radius 3 is 2.03 bits per heavy atom. The van der Waals surface area contributed by atoms with Crippen LogP contribution >= 0.6 is 0 Å². The first-order valence-corrected chi connectivity index (χ1v) is 11.8. The highest BCUT2D eigenvalue weighted by Gasteiger charge is 2.37. The van der Waals surface area contributed by atoms with E-state index in [1.54, 1.807) is 36.4 Å². The van der Waals surface area contributed by atoms with Crippen molar-refractivity contribution in [3.05, 3.63) is 131 Å². The Hall–Kier alpha value is -4.22. The number of rotatable bonds is 8. The Balaban J connectivity index is 1.15. The molecule has 5 rings (SSSR count). The van der Waals surface area contributed by atoms with Crippen LogP contribution in [0.2, 0.25) is 0 Å². The van der Waals surface area contributed by atoms with Crippen molar-refractivity contribution in [2.45, 2.75) is 24.9 Å². The average Bonchev–Trinajstić information content (AvgIpc) is 3.69. The first-order chi connectivity index (χ1) is 17.2. The van der Waals surface area contributed by atoms with E-state index in [0.717, 1.165) is 18.7 Å². The van der Waals surface area contributed by atoms with Gasteiger partial charge in [-0.25, -0.2) is 0 Å². The van der Waals surface area contributed by atoms with Crippen molar-refractivity contribution in [1.82, 2.24) is 5.32 Å². The van der Waals surface area contributed by atoms with Gasteiger partial charge in [-0.15, -0.1) is 0 Å². The molecule has 5 nitrogen and oxygen atoms in total. The number of hydrogen-bond acceptors (Lipinski definition) is 3. The summed E-state index contributed by atoms with van der Waals surface area (Å²) in [5.41, 5.74) is 4.93. The zero-order valence-electron chi connectivity index (χ0n) is 19.3. The second-order valence-corrected chi connectivity index (χ2v) is 8.79. The molecule has 1 aliphatic rings. The number of amides is 2. The van der Waals surface area contributed by atoms with Gasteiger partial charge in [0.2, 0.25) is 0 Å². The molecule has 3 N–H and O–H groups in total. The molecule has 1 fully saturated rings. The van der Waals surface area contributed by atoms with Gasteiger partial charge in [-0.3, -0.25) is 9.59 Å². The van der Waals surface area contributed by atoms with Gasteiger partial charge in [0.05, 0.1) is 0 Å². The Morgan fingerprint density at radius 2 is 1.29 bits per heavy atom. The summed E-state index contributed by atoms with van der Waals surface area (Å²) in [6.07, 6.45) is 1.13. The molecule has 0 saturated heterocycles. The lowest BCUT2D eigenvalue weighted by molar-refractivity contribution is 0.101. The largest absolute Gasteiger partial charge is 0.322 e. The van der Waals surface area contributed by atoms with Crippen molar-refractivity contribution < 1.29 is 9.59 Å². The van der Waals surface area contributed by atoms with Gasteiger partial charge in [0.25, 0.3) is 11.8 Å². The number of anilines is 2. The van der Waals surface area contributed by atoms with Crippen LogP contribution in [-0.4, -0.2) is 17.9 Å². The van der Waals surface area contributed by atoms with Crippen LogP contribution < -0.4 is 16.0 Å². The van der Waals surface area contributed by atoms with Crippen molar-refractivity contribution in [3.8, 4) is 0 Å². The number of hydrogen-bond donors (Lipinski definition) is 3. The molecule has 1 saturated carbocycles. The standard InChI is InChI=1S/C30H27N3O2/c34-29(23-10-5-2-6-11-23)33-26-13-7-12-24(18-26)30(35)32-25-16-14-22(15-17-25)27-19-28(27)31-20-21-8-3-1-4-9-21/h1-18,27-28,31H,19-20H2,(H,32,35)(H,33,34). The molecule has 0 spiro atoms. The molecule has 4 aromatic carbocycles. The first-order valence-electron chi connectivity index (χ1n) is 11.8. The Kier molecular flexibility index (Phi) is 6.68. The van der Waals surface area contributed by atoms with Crippen LogP contribution in [0.5, 0.6) is 0 Å². The van der Waals surface area contributed by atoms with Gasteiger partial charge in [-0.2, -0.15) is 0 Å². The lowest BCUT2D eigenvalue weighted by Crippen LogP contribution is -2.17. The third-order valence-corrected chi connectivity index (χ3v) is 6.22. The van der Waals surface area contributed by atoms with Gasteiger partial charge >= 0.3 is 0 Å². The maximum atomic E-state index is 12.8. The summed E-state index contributed by atoms with van der Waals surface area (Å²) in [7, 11) is 0. The zero-order valence-corrected chi connectivity index (χ0v) is 19.3. The van der Waals surface area contributed by atoms with Crippen molar-refractivity contribution in [3.63, 3.8) is 0 Å². The van der Waals surface area contributed by atoms with Crippen LogP contribution in [0.15, 0.2) is 109 Å². The van der Waals surface area contributed by atoms with Crippen LogP contribution in [0.25, 0.3) is 0 Å². The van der Waals surface area contributed by atoms with E-state index in [1.165, 1.54) is 11.1 Å². The summed E-state index contributed by atoms with van der Waals surface area (Å²) < 4.78 is 0. The lowest BCUT2D eigenvalue weighted by atomic mass is 10.1. The van der Waals surface area contributed by atoms with Crippen molar-refractivity contribution in [1.29, 1.82) is 0 Å². The van der Waals surface area contributed by atoms with Gasteiger partial charge in [0, 0.05) is 41.0 Å². The van der Waals surface area contributed by atoms with Crippen molar-refractivity contribution in [2.75, 3.05) is 10.6 Å². The molecule has 0 heterocycles. The van der Waals surface area contributed by atoms with E-state index in [4.69, 9.17) is 0 Å². The molecule has 174 valence electrons. The predicted molar refractivity (Wildman–Crippen MR) is 140 cm³/mol. The van der Waals surface area contributed by atoms with Crippen LogP contribution in [-0.2, 0) is 6.54 Å². The van der Waals surface area contributed by atoms with E-state index in [1.807, 2.05) is 36.4 Å². The third-order valence-electron chi connectivity index (χ3n) is 6.22. The van der Waals surface area contributed by atoms with E-state index in [-0.39, 0.29) is 11.8 Å². The summed E-state index contributed by atoms with van der Waals surface area (Å²) in [6, 6.07) is 34.9. The minimum atomic E-state index is -0.220. The van der Waals surface area contributed by atoms with Crippen LogP contribution in [0.3, 0.4) is 0 Å². The highest BCUT2D eigenvalue weighted by Crippen LogP contribution is 2.41. The monoisotopic (exact) mass is 461 g/mol. The molecule has 1 aliphatic carbocycles. The van der Waals surface area contributed by atoms with E-state index < -0.39 is 0 Å². The summed E-state index contributed by atoms with van der Waals surface area (Å²) in [4.78, 5) is 25.2. The van der Waals surface area contributed by atoms with E-state index in [9.17, 15) is 9.59 Å². The molecule has 0 aromatic heterocycles. The third kappa shape index (κ3) is 5.83. The molecule has 4 aromatic rings.